The van der Waals surface area contributed by atoms with Crippen LogP contribution in [-0.4, -0.2) is 36.5 Å². The fourth-order valence-corrected chi connectivity index (χ4v) is 3.07. The Balaban J connectivity index is 0.00000392. The molecule has 2 rings (SSSR count). The molecule has 1 amide bonds. The molecule has 0 aliphatic rings. The largest absolute Gasteiger partial charge is 0.492 e. The van der Waals surface area contributed by atoms with Crippen LogP contribution in [-0.2, 0) is 17.8 Å². The summed E-state index contributed by atoms with van der Waals surface area (Å²) in [6.07, 6.45) is 2.92. The van der Waals surface area contributed by atoms with Crippen molar-refractivity contribution in [3.8, 4) is 5.75 Å². The van der Waals surface area contributed by atoms with Crippen LogP contribution in [0.3, 0.4) is 0 Å². The minimum atomic E-state index is -0.105. The third-order valence-electron chi connectivity index (χ3n) is 3.48. The number of rotatable bonds is 9. The molecule has 0 fully saturated rings. The molecule has 0 saturated heterocycles. The van der Waals surface area contributed by atoms with Crippen LogP contribution >= 0.6 is 35.3 Å². The van der Waals surface area contributed by atoms with Gasteiger partial charge in [-0.3, -0.25) is 4.79 Å². The maximum absolute atomic E-state index is 11.1. The highest BCUT2D eigenvalue weighted by molar-refractivity contribution is 14.0. The number of benzene rings is 1. The number of anilines is 1. The Morgan fingerprint density at radius 2 is 2.11 bits per heavy atom. The fourth-order valence-electron chi connectivity index (χ4n) is 2.28. The van der Waals surface area contributed by atoms with Crippen LogP contribution < -0.4 is 20.7 Å². The summed E-state index contributed by atoms with van der Waals surface area (Å²) in [5.74, 6) is 1.34. The summed E-state index contributed by atoms with van der Waals surface area (Å²) >= 11 is 1.70. The highest BCUT2D eigenvalue weighted by atomic mass is 127. The summed E-state index contributed by atoms with van der Waals surface area (Å²) in [4.78, 5) is 21.3. The standard InChI is InChI=1S/C19H27N5O2S.HI/c1-4-17-12-22-18(27-17)13-23-19(20-5-2)21-9-10-26-16-8-6-7-15(11-16)24-14(3)25;/h6-8,11-12H,4-5,9-10,13H2,1-3H3,(H,24,25)(H2,20,21,23);1H. The van der Waals surface area contributed by atoms with E-state index in [1.54, 1.807) is 17.4 Å². The van der Waals surface area contributed by atoms with Crippen LogP contribution in [0.1, 0.15) is 30.7 Å². The first-order chi connectivity index (χ1) is 13.1. The van der Waals surface area contributed by atoms with Gasteiger partial charge in [-0.25, -0.2) is 9.98 Å². The van der Waals surface area contributed by atoms with Crippen molar-refractivity contribution in [1.29, 1.82) is 0 Å². The normalized spacial score (nSPS) is 10.8. The summed E-state index contributed by atoms with van der Waals surface area (Å²) in [5.41, 5.74) is 0.720. The average Bonchev–Trinajstić information content (AvgIpc) is 3.11. The van der Waals surface area contributed by atoms with E-state index in [2.05, 4.69) is 32.9 Å². The van der Waals surface area contributed by atoms with E-state index in [9.17, 15) is 4.79 Å². The van der Waals surface area contributed by atoms with Gasteiger partial charge in [0.25, 0.3) is 0 Å². The van der Waals surface area contributed by atoms with E-state index >= 15 is 0 Å². The monoisotopic (exact) mass is 517 g/mol. The van der Waals surface area contributed by atoms with Gasteiger partial charge in [0.05, 0.1) is 13.1 Å². The molecule has 0 aliphatic heterocycles. The van der Waals surface area contributed by atoms with Crippen molar-refractivity contribution in [2.75, 3.05) is 25.0 Å². The molecule has 2 aromatic rings. The predicted octanol–water partition coefficient (Wildman–Crippen LogP) is 3.42. The number of ether oxygens (including phenoxy) is 1. The van der Waals surface area contributed by atoms with Crippen LogP contribution in [0.2, 0.25) is 0 Å². The zero-order valence-corrected chi connectivity index (χ0v) is 19.6. The summed E-state index contributed by atoms with van der Waals surface area (Å²) in [6, 6.07) is 7.33. The summed E-state index contributed by atoms with van der Waals surface area (Å²) in [7, 11) is 0. The molecule has 3 N–H and O–H groups in total. The van der Waals surface area contributed by atoms with Gasteiger partial charge >= 0.3 is 0 Å². The molecule has 0 bridgehead atoms. The maximum Gasteiger partial charge on any atom is 0.221 e. The molecule has 28 heavy (non-hydrogen) atoms. The van der Waals surface area contributed by atoms with Gasteiger partial charge in [-0.05, 0) is 25.5 Å². The molecule has 0 atom stereocenters. The molecule has 1 aromatic carbocycles. The van der Waals surface area contributed by atoms with Crippen LogP contribution in [0.4, 0.5) is 5.69 Å². The molecule has 0 radical (unpaired) electrons. The van der Waals surface area contributed by atoms with Crippen LogP contribution in [0.5, 0.6) is 5.75 Å². The Hall–Kier alpha value is -1.88. The van der Waals surface area contributed by atoms with Crippen LogP contribution in [0, 0.1) is 0 Å². The van der Waals surface area contributed by atoms with Crippen LogP contribution in [0.25, 0.3) is 0 Å². The number of nitrogens with zero attached hydrogens (tertiary/aromatic N) is 2. The SMILES string of the molecule is CCNC(=NCc1ncc(CC)s1)NCCOc1cccc(NC(C)=O)c1.I. The number of amides is 1. The molecule has 0 spiro atoms. The summed E-state index contributed by atoms with van der Waals surface area (Å²) in [6.45, 7) is 8.05. The fraction of sp³-hybridized carbons (Fsp3) is 0.421. The van der Waals surface area contributed by atoms with Crippen molar-refractivity contribution in [3.05, 3.63) is 40.3 Å². The second kappa shape index (κ2) is 13.3. The van der Waals surface area contributed by atoms with E-state index in [-0.39, 0.29) is 29.9 Å². The minimum absolute atomic E-state index is 0. The molecule has 154 valence electrons. The van der Waals surface area contributed by atoms with Crippen molar-refractivity contribution in [1.82, 2.24) is 15.6 Å². The lowest BCUT2D eigenvalue weighted by Crippen LogP contribution is -2.39. The highest BCUT2D eigenvalue weighted by Crippen LogP contribution is 2.17. The molecule has 0 saturated carbocycles. The third kappa shape index (κ3) is 8.87. The maximum atomic E-state index is 11.1. The number of guanidine groups is 1. The summed E-state index contributed by atoms with van der Waals surface area (Å²) in [5, 5.41) is 10.2. The molecular weight excluding hydrogens is 489 g/mol. The number of nitrogens with one attached hydrogen (secondary N) is 3. The van der Waals surface area contributed by atoms with Crippen molar-refractivity contribution >= 4 is 52.9 Å². The number of hydrogen-bond donors (Lipinski definition) is 3. The number of aliphatic imine (C=N–C) groups is 1. The van der Waals surface area contributed by atoms with Crippen molar-refractivity contribution in [2.45, 2.75) is 33.7 Å². The van der Waals surface area contributed by atoms with E-state index in [1.165, 1.54) is 11.8 Å². The van der Waals surface area contributed by atoms with Gasteiger partial charge in [0, 0.05) is 36.3 Å². The zero-order chi connectivity index (χ0) is 19.5. The highest BCUT2D eigenvalue weighted by Gasteiger charge is 2.02. The lowest BCUT2D eigenvalue weighted by atomic mass is 10.3. The Morgan fingerprint density at radius 3 is 2.79 bits per heavy atom. The van der Waals surface area contributed by atoms with Gasteiger partial charge in [-0.2, -0.15) is 0 Å². The van der Waals surface area contributed by atoms with Gasteiger partial charge in [0.1, 0.15) is 17.4 Å². The Kier molecular flexibility index (Phi) is 11.5. The molecule has 9 heteroatoms. The minimum Gasteiger partial charge on any atom is -0.492 e. The van der Waals surface area contributed by atoms with Gasteiger partial charge < -0.3 is 20.7 Å². The smallest absolute Gasteiger partial charge is 0.221 e. The van der Waals surface area contributed by atoms with E-state index in [4.69, 9.17) is 4.74 Å². The first-order valence-corrected chi connectivity index (χ1v) is 9.88. The third-order valence-corrected chi connectivity index (χ3v) is 4.61. The topological polar surface area (TPSA) is 87.6 Å². The van der Waals surface area contributed by atoms with Gasteiger partial charge in [-0.1, -0.05) is 13.0 Å². The van der Waals surface area contributed by atoms with Crippen molar-refractivity contribution in [3.63, 3.8) is 0 Å². The van der Waals surface area contributed by atoms with Gasteiger partial charge in [0.15, 0.2) is 5.96 Å². The summed E-state index contributed by atoms with van der Waals surface area (Å²) < 4.78 is 5.73. The van der Waals surface area contributed by atoms with E-state index in [1.807, 2.05) is 31.3 Å². The van der Waals surface area contributed by atoms with E-state index < -0.39 is 0 Å². The predicted molar refractivity (Wildman–Crippen MR) is 126 cm³/mol. The quantitative estimate of drug-likeness (QED) is 0.206. The molecular formula is C19H28IN5O2S. The number of carbonyl (C=O) groups is 1. The molecule has 7 nitrogen and oxygen atoms in total. The Bertz CT molecular complexity index is 766. The lowest BCUT2D eigenvalue weighted by molar-refractivity contribution is -0.114. The first kappa shape index (κ1) is 24.2. The Morgan fingerprint density at radius 1 is 1.29 bits per heavy atom. The zero-order valence-electron chi connectivity index (χ0n) is 16.4. The molecule has 0 unspecified atom stereocenters. The average molecular weight is 517 g/mol. The second-order valence-electron chi connectivity index (χ2n) is 5.75. The molecule has 1 heterocycles. The molecule has 1 aromatic heterocycles. The van der Waals surface area contributed by atoms with Gasteiger partial charge in [0.2, 0.25) is 5.91 Å². The van der Waals surface area contributed by atoms with Crippen molar-refractivity contribution in [2.24, 2.45) is 4.99 Å². The van der Waals surface area contributed by atoms with E-state index in [0.29, 0.717) is 25.4 Å². The number of aryl methyl sites for hydroxylation is 1. The number of aromatic nitrogens is 1. The first-order valence-electron chi connectivity index (χ1n) is 9.07. The second-order valence-corrected chi connectivity index (χ2v) is 6.95. The number of hydrogen-bond acceptors (Lipinski definition) is 5. The number of carbonyl (C=O) groups excluding carboxylic acids is 1. The lowest BCUT2D eigenvalue weighted by Gasteiger charge is -2.12. The van der Waals surface area contributed by atoms with Crippen molar-refractivity contribution < 1.29 is 9.53 Å². The van der Waals surface area contributed by atoms with Crippen LogP contribution in [0.15, 0.2) is 35.5 Å². The van der Waals surface area contributed by atoms with Gasteiger partial charge in [-0.15, -0.1) is 35.3 Å². The molecule has 0 aliphatic carbocycles. The Labute approximate surface area is 187 Å². The van der Waals surface area contributed by atoms with E-state index in [0.717, 1.165) is 29.6 Å². The number of halogens is 1. The number of thiazole rings is 1.